The van der Waals surface area contributed by atoms with Crippen LogP contribution in [0.25, 0.3) is 33.5 Å². The van der Waals surface area contributed by atoms with Gasteiger partial charge in [-0.1, -0.05) is 72.8 Å². The SMILES string of the molecule is CC1=CC(C)=N/C1=C(/c1ccc(C(=O)Oc2ccc(-c3cc(-c4ccccc4)c(/N=C4\N=C(c5ccc(O)cc5)C=C4c4ccccc4)[nH]3)cc2)cc1)c1[nH]c(C)cc1C. The Hall–Kier alpha value is -7.84. The highest BCUT2D eigenvalue weighted by molar-refractivity contribution is 6.38. The average molecular weight is 784 g/mol. The van der Waals surface area contributed by atoms with Gasteiger partial charge in [-0.2, -0.15) is 0 Å². The zero-order valence-electron chi connectivity index (χ0n) is 33.6. The maximum atomic E-state index is 13.4. The summed E-state index contributed by atoms with van der Waals surface area (Å²) in [6, 6.07) is 46.4. The Kier molecular flexibility index (Phi) is 9.96. The number of aromatic nitrogens is 2. The molecule has 0 radical (unpaired) electrons. The number of aryl methyl sites for hydroxylation is 2. The van der Waals surface area contributed by atoms with E-state index in [1.165, 1.54) is 0 Å². The molecule has 0 atom stereocenters. The first kappa shape index (κ1) is 37.7. The molecule has 8 nitrogen and oxygen atoms in total. The molecule has 60 heavy (non-hydrogen) atoms. The van der Waals surface area contributed by atoms with E-state index in [9.17, 15) is 9.90 Å². The van der Waals surface area contributed by atoms with Crippen molar-refractivity contribution in [2.75, 3.05) is 0 Å². The lowest BCUT2D eigenvalue weighted by molar-refractivity contribution is 0.0734. The van der Waals surface area contributed by atoms with E-state index in [1.807, 2.05) is 105 Å². The molecule has 0 saturated carbocycles. The number of phenols is 1. The smallest absolute Gasteiger partial charge is 0.343 e. The fourth-order valence-corrected chi connectivity index (χ4v) is 7.70. The molecular weight excluding hydrogens is 743 g/mol. The number of carbonyl (C=O) groups excluding carboxylic acids is 1. The molecule has 0 amide bonds. The molecule has 0 aliphatic carbocycles. The van der Waals surface area contributed by atoms with Crippen molar-refractivity contribution in [3.8, 4) is 33.9 Å². The van der Waals surface area contributed by atoms with Crippen LogP contribution in [0.3, 0.4) is 0 Å². The molecular formula is C52H41N5O3. The number of nitrogens with one attached hydrogen (secondary N) is 2. The lowest BCUT2D eigenvalue weighted by Crippen LogP contribution is -2.08. The number of H-pyrrole nitrogens is 2. The first-order chi connectivity index (χ1) is 29.2. The van der Waals surface area contributed by atoms with E-state index in [1.54, 1.807) is 36.4 Å². The number of benzene rings is 5. The number of amidine groups is 1. The lowest BCUT2D eigenvalue weighted by Gasteiger charge is -2.13. The summed E-state index contributed by atoms with van der Waals surface area (Å²) >= 11 is 0. The monoisotopic (exact) mass is 783 g/mol. The van der Waals surface area contributed by atoms with E-state index in [0.717, 1.165) is 89.9 Å². The second kappa shape index (κ2) is 15.8. The fourth-order valence-electron chi connectivity index (χ4n) is 7.70. The third-order valence-electron chi connectivity index (χ3n) is 10.6. The average Bonchev–Trinajstić information content (AvgIpc) is 4.05. The molecule has 7 aromatic rings. The van der Waals surface area contributed by atoms with Crippen LogP contribution in [-0.4, -0.2) is 38.3 Å². The van der Waals surface area contributed by atoms with Crippen LogP contribution in [0.4, 0.5) is 5.82 Å². The van der Waals surface area contributed by atoms with Gasteiger partial charge in [0.1, 0.15) is 17.3 Å². The van der Waals surface area contributed by atoms with Gasteiger partial charge in [0, 0.05) is 39.4 Å². The van der Waals surface area contributed by atoms with Gasteiger partial charge in [-0.05, 0) is 146 Å². The minimum absolute atomic E-state index is 0.195. The molecule has 2 aliphatic rings. The second-order valence-corrected chi connectivity index (χ2v) is 15.0. The highest BCUT2D eigenvalue weighted by Crippen LogP contribution is 2.38. The number of ether oxygens (including phenoxy) is 1. The summed E-state index contributed by atoms with van der Waals surface area (Å²) in [6.07, 6.45) is 4.12. The van der Waals surface area contributed by atoms with Gasteiger partial charge < -0.3 is 19.8 Å². The summed E-state index contributed by atoms with van der Waals surface area (Å²) < 4.78 is 5.87. The van der Waals surface area contributed by atoms with Crippen LogP contribution in [0.2, 0.25) is 0 Å². The van der Waals surface area contributed by atoms with Crippen molar-refractivity contribution in [1.29, 1.82) is 0 Å². The Labute approximate surface area is 348 Å². The number of aliphatic imine (C=N–C) groups is 3. The van der Waals surface area contributed by atoms with Gasteiger partial charge >= 0.3 is 5.97 Å². The van der Waals surface area contributed by atoms with Crippen LogP contribution in [0, 0.1) is 13.8 Å². The fraction of sp³-hybridized carbons (Fsp3) is 0.0769. The second-order valence-electron chi connectivity index (χ2n) is 15.0. The van der Waals surface area contributed by atoms with Crippen LogP contribution in [-0.2, 0) is 0 Å². The molecule has 2 aromatic heterocycles. The number of rotatable bonds is 9. The Morgan fingerprint density at radius 3 is 1.93 bits per heavy atom. The number of aromatic amines is 2. The van der Waals surface area contributed by atoms with Crippen LogP contribution in [0.1, 0.15) is 57.8 Å². The topological polar surface area (TPSA) is 115 Å². The van der Waals surface area contributed by atoms with Crippen molar-refractivity contribution in [3.63, 3.8) is 0 Å². The summed E-state index contributed by atoms with van der Waals surface area (Å²) in [4.78, 5) is 35.5. The summed E-state index contributed by atoms with van der Waals surface area (Å²) in [5.41, 5.74) is 15.8. The molecule has 4 heterocycles. The molecule has 0 spiro atoms. The van der Waals surface area contributed by atoms with Gasteiger partial charge in [-0.25, -0.2) is 14.8 Å². The molecule has 9 rings (SSSR count). The number of phenolic OH excluding ortho intramolecular Hbond substituents is 1. The molecule has 0 bridgehead atoms. The Bertz CT molecular complexity index is 2960. The normalized spacial score (nSPS) is 15.1. The first-order valence-corrected chi connectivity index (χ1v) is 19.8. The van der Waals surface area contributed by atoms with E-state index >= 15 is 0 Å². The molecule has 3 N–H and O–H groups in total. The predicted octanol–water partition coefficient (Wildman–Crippen LogP) is 12.0. The van der Waals surface area contributed by atoms with Crippen molar-refractivity contribution in [2.24, 2.45) is 15.0 Å². The number of hydrogen-bond donors (Lipinski definition) is 3. The highest BCUT2D eigenvalue weighted by Gasteiger charge is 2.23. The Balaban J connectivity index is 0.993. The molecule has 0 fully saturated rings. The Morgan fingerprint density at radius 2 is 1.30 bits per heavy atom. The van der Waals surface area contributed by atoms with Crippen molar-refractivity contribution in [1.82, 2.24) is 9.97 Å². The molecule has 292 valence electrons. The quantitative estimate of drug-likeness (QED) is 0.1000. The molecule has 0 unspecified atom stereocenters. The van der Waals surface area contributed by atoms with Crippen LogP contribution in [0.15, 0.2) is 184 Å². The van der Waals surface area contributed by atoms with Crippen LogP contribution < -0.4 is 4.74 Å². The molecule has 8 heteroatoms. The van der Waals surface area contributed by atoms with Gasteiger partial charge in [0.25, 0.3) is 0 Å². The van der Waals surface area contributed by atoms with Gasteiger partial charge in [0.2, 0.25) is 0 Å². The van der Waals surface area contributed by atoms with Crippen LogP contribution >= 0.6 is 0 Å². The van der Waals surface area contributed by atoms with E-state index < -0.39 is 5.97 Å². The van der Waals surface area contributed by atoms with E-state index in [4.69, 9.17) is 19.7 Å². The number of hydrogen-bond acceptors (Lipinski definition) is 5. The minimum atomic E-state index is -0.448. The molecule has 5 aromatic carbocycles. The Morgan fingerprint density at radius 1 is 0.650 bits per heavy atom. The maximum Gasteiger partial charge on any atom is 0.343 e. The van der Waals surface area contributed by atoms with Gasteiger partial charge in [-0.3, -0.25) is 4.99 Å². The van der Waals surface area contributed by atoms with Crippen molar-refractivity contribution >= 4 is 40.2 Å². The summed E-state index contributed by atoms with van der Waals surface area (Å²) in [5, 5.41) is 9.90. The predicted molar refractivity (Wildman–Crippen MR) is 242 cm³/mol. The number of esters is 1. The zero-order chi connectivity index (χ0) is 41.3. The van der Waals surface area contributed by atoms with E-state index in [-0.39, 0.29) is 5.75 Å². The minimum Gasteiger partial charge on any atom is -0.508 e. The van der Waals surface area contributed by atoms with E-state index in [0.29, 0.717) is 23.0 Å². The van der Waals surface area contributed by atoms with Gasteiger partial charge in [0.15, 0.2) is 5.84 Å². The van der Waals surface area contributed by atoms with Crippen LogP contribution in [0.5, 0.6) is 11.5 Å². The summed E-state index contributed by atoms with van der Waals surface area (Å²) in [7, 11) is 0. The zero-order valence-corrected chi connectivity index (χ0v) is 33.6. The number of carbonyl (C=O) groups is 1. The molecule has 0 saturated heterocycles. The van der Waals surface area contributed by atoms with E-state index in [2.05, 4.69) is 54.2 Å². The first-order valence-electron chi connectivity index (χ1n) is 19.8. The standard InChI is InChI=1S/C52H41N5O3/c1-31-27-33(3)53-48(31)47(49-32(2)28-34(4)54-49)39-15-17-40(18-16-39)52(59)60-42-25-21-38(22-26-42)46-30-44(36-13-9-6-10-14-36)51(56-46)57-50-43(35-11-7-5-8-12-35)29-45(55-50)37-19-23-41(58)24-20-37/h5-30,53,56,58H,1-4H3/b49-47-,57-50-. The van der Waals surface area contributed by atoms with Crippen molar-refractivity contribution < 1.29 is 14.6 Å². The lowest BCUT2D eigenvalue weighted by atomic mass is 9.95. The summed E-state index contributed by atoms with van der Waals surface area (Å²) in [5.74, 6) is 1.41. The number of allylic oxidation sites excluding steroid dienone is 3. The van der Waals surface area contributed by atoms with Gasteiger partial charge in [0.05, 0.1) is 22.7 Å². The van der Waals surface area contributed by atoms with Crippen molar-refractivity contribution in [3.05, 3.63) is 208 Å². The largest absolute Gasteiger partial charge is 0.508 e. The number of aromatic hydroxyl groups is 1. The number of nitrogens with zero attached hydrogens (tertiary/aromatic N) is 3. The third-order valence-corrected chi connectivity index (χ3v) is 10.6. The highest BCUT2D eigenvalue weighted by atomic mass is 16.5. The van der Waals surface area contributed by atoms with Gasteiger partial charge in [-0.15, -0.1) is 0 Å². The van der Waals surface area contributed by atoms with Crippen molar-refractivity contribution in [2.45, 2.75) is 27.7 Å². The summed E-state index contributed by atoms with van der Waals surface area (Å²) in [6.45, 7) is 8.21. The molecule has 2 aliphatic heterocycles. The third kappa shape index (κ3) is 7.62. The maximum absolute atomic E-state index is 13.4.